The molecule has 1 saturated carbocycles. The molecule has 0 bridgehead atoms. The minimum Gasteiger partial charge on any atom is -0.508 e. The van der Waals surface area contributed by atoms with Gasteiger partial charge in [-0.1, -0.05) is 26.3 Å². The molecule has 120 valence electrons. The topological polar surface area (TPSA) is 40.5 Å². The number of nitrogens with zero attached hydrogens (tertiary/aromatic N) is 1. The van der Waals surface area contributed by atoms with Crippen LogP contribution in [-0.4, -0.2) is 30.0 Å². The molecule has 0 radical (unpaired) electrons. The van der Waals surface area contributed by atoms with Crippen LogP contribution < -0.4 is 0 Å². The Morgan fingerprint density at radius 3 is 2.68 bits per heavy atom. The van der Waals surface area contributed by atoms with Crippen LogP contribution in [-0.2, 0) is 16.6 Å². The Balaban J connectivity index is 2.09. The molecule has 0 heterocycles. The first-order valence-electron chi connectivity index (χ1n) is 8.33. The maximum Gasteiger partial charge on any atom is 0.228 e. The lowest BCUT2D eigenvalue weighted by atomic mass is 9.49. The highest BCUT2D eigenvalue weighted by molar-refractivity contribution is 5.82. The largest absolute Gasteiger partial charge is 0.508 e. The molecule has 0 saturated heterocycles. The average molecular weight is 301 g/mol. The Morgan fingerprint density at radius 1 is 1.27 bits per heavy atom. The predicted octanol–water partition coefficient (Wildman–Crippen LogP) is 3.49. The lowest BCUT2D eigenvalue weighted by molar-refractivity contribution is -0.147. The van der Waals surface area contributed by atoms with Crippen LogP contribution in [0.1, 0.15) is 50.7 Å². The van der Waals surface area contributed by atoms with E-state index in [0.29, 0.717) is 11.7 Å². The van der Waals surface area contributed by atoms with Gasteiger partial charge in [-0.3, -0.25) is 4.79 Å². The number of phenolic OH excluding ortho intramolecular Hbond substituents is 1. The summed E-state index contributed by atoms with van der Waals surface area (Å²) in [6.45, 7) is 4.46. The van der Waals surface area contributed by atoms with Crippen molar-refractivity contribution in [2.75, 3.05) is 14.1 Å². The van der Waals surface area contributed by atoms with E-state index < -0.39 is 0 Å². The number of benzene rings is 1. The quantitative estimate of drug-likeness (QED) is 0.862. The monoisotopic (exact) mass is 301 g/mol. The van der Waals surface area contributed by atoms with Gasteiger partial charge in [-0.15, -0.1) is 0 Å². The summed E-state index contributed by atoms with van der Waals surface area (Å²) in [5.41, 5.74) is 2.31. The smallest absolute Gasteiger partial charge is 0.228 e. The molecule has 0 aliphatic heterocycles. The van der Waals surface area contributed by atoms with Crippen molar-refractivity contribution in [1.82, 2.24) is 4.90 Å². The molecule has 22 heavy (non-hydrogen) atoms. The molecule has 2 aliphatic carbocycles. The number of fused-ring (bicyclic) bond motifs is 3. The maximum absolute atomic E-state index is 12.9. The van der Waals surface area contributed by atoms with Gasteiger partial charge in [-0.25, -0.2) is 0 Å². The van der Waals surface area contributed by atoms with Crippen molar-refractivity contribution in [3.05, 3.63) is 29.3 Å². The SMILES string of the molecule is CN(C)C(=O)[C@@]1(C)CCC[C@]2(C)c3cc(O)ccc3CC[C@@H]12. The van der Waals surface area contributed by atoms with E-state index in [4.69, 9.17) is 0 Å². The van der Waals surface area contributed by atoms with E-state index in [9.17, 15) is 9.90 Å². The molecule has 3 rings (SSSR count). The van der Waals surface area contributed by atoms with Crippen LogP contribution in [0.4, 0.5) is 0 Å². The molecule has 1 aromatic carbocycles. The lowest BCUT2D eigenvalue weighted by Crippen LogP contribution is -2.55. The Labute approximate surface area is 133 Å². The van der Waals surface area contributed by atoms with Gasteiger partial charge in [0.15, 0.2) is 0 Å². The summed E-state index contributed by atoms with van der Waals surface area (Å²) in [4.78, 5) is 14.6. The number of aromatic hydroxyl groups is 1. The maximum atomic E-state index is 12.9. The minimum absolute atomic E-state index is 0.00894. The van der Waals surface area contributed by atoms with Crippen molar-refractivity contribution in [3.8, 4) is 5.75 Å². The number of phenols is 1. The van der Waals surface area contributed by atoms with Gasteiger partial charge in [-0.2, -0.15) is 0 Å². The molecule has 3 heteroatoms. The summed E-state index contributed by atoms with van der Waals surface area (Å²) in [5.74, 6) is 0.941. The molecule has 0 aromatic heterocycles. The van der Waals surface area contributed by atoms with Crippen LogP contribution in [0.15, 0.2) is 18.2 Å². The summed E-state index contributed by atoms with van der Waals surface area (Å²) in [6, 6.07) is 5.79. The van der Waals surface area contributed by atoms with Crippen LogP contribution in [0.3, 0.4) is 0 Å². The van der Waals surface area contributed by atoms with Crippen LogP contribution in [0.25, 0.3) is 0 Å². The van der Waals surface area contributed by atoms with E-state index >= 15 is 0 Å². The van der Waals surface area contributed by atoms with Crippen molar-refractivity contribution in [3.63, 3.8) is 0 Å². The molecule has 3 nitrogen and oxygen atoms in total. The minimum atomic E-state index is -0.292. The van der Waals surface area contributed by atoms with Crippen LogP contribution in [0, 0.1) is 11.3 Å². The third-order valence-corrected chi connectivity index (χ3v) is 6.24. The third kappa shape index (κ3) is 2.05. The standard InChI is InChI=1S/C19H27NO2/c1-18-10-5-11-19(2,17(22)20(3)4)16(18)9-7-13-6-8-14(21)12-15(13)18/h6,8,12,16,21H,5,7,9-11H2,1-4H3/t16-,18-,19+/m1/s1. The van der Waals surface area contributed by atoms with Crippen molar-refractivity contribution in [2.24, 2.45) is 11.3 Å². The summed E-state index contributed by atoms with van der Waals surface area (Å²) in [7, 11) is 3.73. The Kier molecular flexibility index (Phi) is 3.50. The number of aryl methyl sites for hydroxylation is 1. The summed E-state index contributed by atoms with van der Waals surface area (Å²) in [6.07, 6.45) is 5.21. The van der Waals surface area contributed by atoms with Gasteiger partial charge in [0.25, 0.3) is 0 Å². The zero-order chi connectivity index (χ0) is 16.1. The third-order valence-electron chi connectivity index (χ3n) is 6.24. The number of hydrogen-bond acceptors (Lipinski definition) is 2. The Bertz CT molecular complexity index is 609. The van der Waals surface area contributed by atoms with Gasteiger partial charge < -0.3 is 10.0 Å². The Morgan fingerprint density at radius 2 is 2.00 bits per heavy atom. The van der Waals surface area contributed by atoms with Gasteiger partial charge >= 0.3 is 0 Å². The van der Waals surface area contributed by atoms with Crippen molar-refractivity contribution in [1.29, 1.82) is 0 Å². The molecular weight excluding hydrogens is 274 g/mol. The summed E-state index contributed by atoms with van der Waals surface area (Å²) in [5, 5.41) is 9.95. The number of carbonyl (C=O) groups excluding carboxylic acids is 1. The number of hydrogen-bond donors (Lipinski definition) is 1. The van der Waals surface area contributed by atoms with E-state index in [2.05, 4.69) is 19.9 Å². The fourth-order valence-corrected chi connectivity index (χ4v) is 5.21. The molecular formula is C19H27NO2. The van der Waals surface area contributed by atoms with E-state index in [1.807, 2.05) is 20.2 Å². The molecule has 1 fully saturated rings. The van der Waals surface area contributed by atoms with Crippen molar-refractivity contribution in [2.45, 2.75) is 51.4 Å². The fraction of sp³-hybridized carbons (Fsp3) is 0.632. The summed E-state index contributed by atoms with van der Waals surface area (Å²) < 4.78 is 0. The molecule has 0 spiro atoms. The number of rotatable bonds is 1. The van der Waals surface area contributed by atoms with Gasteiger partial charge in [-0.05, 0) is 60.3 Å². The molecule has 0 unspecified atom stereocenters. The fourth-order valence-electron chi connectivity index (χ4n) is 5.21. The lowest BCUT2D eigenvalue weighted by Gasteiger charge is -2.55. The highest BCUT2D eigenvalue weighted by atomic mass is 16.3. The first-order valence-corrected chi connectivity index (χ1v) is 8.33. The van der Waals surface area contributed by atoms with Gasteiger partial charge in [0, 0.05) is 14.1 Å². The van der Waals surface area contributed by atoms with Gasteiger partial charge in [0.05, 0.1) is 5.41 Å². The van der Waals surface area contributed by atoms with Crippen LogP contribution in [0.5, 0.6) is 5.75 Å². The van der Waals surface area contributed by atoms with Gasteiger partial charge in [0.1, 0.15) is 5.75 Å². The zero-order valence-electron chi connectivity index (χ0n) is 14.1. The highest BCUT2D eigenvalue weighted by Crippen LogP contribution is 2.57. The second-order valence-electron chi connectivity index (χ2n) is 7.82. The molecule has 1 aromatic rings. The molecule has 3 atom stereocenters. The van der Waals surface area contributed by atoms with Gasteiger partial charge in [0.2, 0.25) is 5.91 Å². The number of amides is 1. The average Bonchev–Trinajstić information content (AvgIpc) is 2.46. The van der Waals surface area contributed by atoms with E-state index in [-0.39, 0.29) is 16.7 Å². The van der Waals surface area contributed by atoms with E-state index in [0.717, 1.165) is 32.1 Å². The first-order chi connectivity index (χ1) is 10.3. The summed E-state index contributed by atoms with van der Waals surface area (Å²) >= 11 is 0. The van der Waals surface area contributed by atoms with Crippen molar-refractivity contribution < 1.29 is 9.90 Å². The van der Waals surface area contributed by atoms with E-state index in [1.165, 1.54) is 11.1 Å². The van der Waals surface area contributed by atoms with Crippen LogP contribution >= 0.6 is 0 Å². The second kappa shape index (κ2) is 5.00. The highest BCUT2D eigenvalue weighted by Gasteiger charge is 2.55. The normalized spacial score (nSPS) is 33.7. The predicted molar refractivity (Wildman–Crippen MR) is 87.9 cm³/mol. The second-order valence-corrected chi connectivity index (χ2v) is 7.82. The van der Waals surface area contributed by atoms with E-state index in [1.54, 1.807) is 11.0 Å². The first kappa shape index (κ1) is 15.4. The molecule has 1 amide bonds. The van der Waals surface area contributed by atoms with Crippen LogP contribution in [0.2, 0.25) is 0 Å². The molecule has 1 N–H and O–H groups in total. The molecule has 2 aliphatic rings. The zero-order valence-corrected chi connectivity index (χ0v) is 14.1. The number of carbonyl (C=O) groups is 1. The van der Waals surface area contributed by atoms with Crippen molar-refractivity contribution >= 4 is 5.91 Å². The Hall–Kier alpha value is -1.51.